The highest BCUT2D eigenvalue weighted by Crippen LogP contribution is 2.21. The maximum atomic E-state index is 5.95. The summed E-state index contributed by atoms with van der Waals surface area (Å²) in [6, 6.07) is 10.2. The fraction of sp³-hybridized carbons (Fsp3) is 0.200. The van der Waals surface area contributed by atoms with Gasteiger partial charge in [0, 0.05) is 11.4 Å². The van der Waals surface area contributed by atoms with Crippen molar-refractivity contribution in [2.45, 2.75) is 19.4 Å². The number of nitrogens with zero attached hydrogens (tertiary/aromatic N) is 3. The summed E-state index contributed by atoms with van der Waals surface area (Å²) in [5.74, 6) is 0.785. The summed E-state index contributed by atoms with van der Waals surface area (Å²) in [7, 11) is 0. The van der Waals surface area contributed by atoms with Crippen LogP contribution in [0.15, 0.2) is 42.7 Å². The lowest BCUT2D eigenvalue weighted by molar-refractivity contribution is 0.722. The Morgan fingerprint density at radius 2 is 2.15 bits per heavy atom. The Labute approximate surface area is 122 Å². The summed E-state index contributed by atoms with van der Waals surface area (Å²) < 4.78 is 1.70. The minimum Gasteiger partial charge on any atom is -0.328 e. The first-order chi connectivity index (χ1) is 9.63. The number of halogens is 1. The van der Waals surface area contributed by atoms with Gasteiger partial charge in [-0.15, -0.1) is 0 Å². The zero-order valence-electron chi connectivity index (χ0n) is 11.1. The predicted octanol–water partition coefficient (Wildman–Crippen LogP) is 2.96. The molecule has 3 rings (SSSR count). The molecule has 2 N–H and O–H groups in total. The van der Waals surface area contributed by atoms with Crippen molar-refractivity contribution in [1.29, 1.82) is 0 Å². The molecule has 0 aliphatic rings. The number of hydrogen-bond acceptors (Lipinski definition) is 3. The average Bonchev–Trinajstić information content (AvgIpc) is 2.84. The Kier molecular flexibility index (Phi) is 3.42. The van der Waals surface area contributed by atoms with Gasteiger partial charge in [0.05, 0.1) is 22.9 Å². The first-order valence-corrected chi connectivity index (χ1v) is 6.86. The van der Waals surface area contributed by atoms with Gasteiger partial charge in [0.1, 0.15) is 0 Å². The van der Waals surface area contributed by atoms with Gasteiger partial charge in [0.25, 0.3) is 0 Å². The molecule has 2 aromatic heterocycles. The van der Waals surface area contributed by atoms with Gasteiger partial charge in [-0.25, -0.2) is 9.67 Å². The fourth-order valence-corrected chi connectivity index (χ4v) is 2.40. The summed E-state index contributed by atoms with van der Waals surface area (Å²) in [6.45, 7) is 1.98. The molecule has 2 heterocycles. The third kappa shape index (κ3) is 2.53. The molecule has 0 aliphatic heterocycles. The van der Waals surface area contributed by atoms with Crippen LogP contribution in [0, 0.1) is 0 Å². The van der Waals surface area contributed by atoms with Crippen molar-refractivity contribution in [3.05, 3.63) is 53.3 Å². The molecule has 0 fully saturated rings. The number of pyridine rings is 1. The van der Waals surface area contributed by atoms with Crippen molar-refractivity contribution >= 4 is 22.5 Å². The third-order valence-corrected chi connectivity index (χ3v) is 3.29. The third-order valence-electron chi connectivity index (χ3n) is 3.09. The van der Waals surface area contributed by atoms with Gasteiger partial charge in [0.15, 0.2) is 5.82 Å². The normalized spacial score (nSPS) is 12.8. The Balaban J connectivity index is 2.21. The van der Waals surface area contributed by atoms with Gasteiger partial charge in [-0.2, -0.15) is 5.10 Å². The minimum absolute atomic E-state index is 0.0581. The van der Waals surface area contributed by atoms with E-state index in [0.29, 0.717) is 5.02 Å². The van der Waals surface area contributed by atoms with Crippen molar-refractivity contribution in [2.75, 3.05) is 0 Å². The molecule has 3 aromatic rings. The van der Waals surface area contributed by atoms with Crippen LogP contribution in [0.25, 0.3) is 16.7 Å². The second kappa shape index (κ2) is 5.23. The molecule has 4 nitrogen and oxygen atoms in total. The SMILES string of the molecule is CC(N)Cc1cc2ccccc2nc1-n1cc(Cl)cn1. The molecule has 5 heteroatoms. The first kappa shape index (κ1) is 13.1. The molecule has 1 unspecified atom stereocenters. The average molecular weight is 287 g/mol. The summed E-state index contributed by atoms with van der Waals surface area (Å²) in [5, 5.41) is 5.93. The molecular weight excluding hydrogens is 272 g/mol. The van der Waals surface area contributed by atoms with E-state index in [2.05, 4.69) is 11.2 Å². The zero-order valence-corrected chi connectivity index (χ0v) is 11.9. The van der Waals surface area contributed by atoms with Crippen molar-refractivity contribution in [3.63, 3.8) is 0 Å². The van der Waals surface area contributed by atoms with Gasteiger partial charge in [-0.3, -0.25) is 0 Å². The summed E-state index contributed by atoms with van der Waals surface area (Å²) in [6.07, 6.45) is 4.10. The van der Waals surface area contributed by atoms with Gasteiger partial charge in [-0.05, 0) is 31.0 Å². The highest BCUT2D eigenvalue weighted by Gasteiger charge is 2.11. The lowest BCUT2D eigenvalue weighted by Gasteiger charge is -2.12. The second-order valence-corrected chi connectivity index (χ2v) is 5.38. The fourth-order valence-electron chi connectivity index (χ4n) is 2.26. The van der Waals surface area contributed by atoms with E-state index in [1.54, 1.807) is 17.1 Å². The number of aromatic nitrogens is 3. The molecule has 0 aliphatic carbocycles. The molecule has 0 spiro atoms. The molecule has 0 amide bonds. The van der Waals surface area contributed by atoms with Crippen LogP contribution in [-0.2, 0) is 6.42 Å². The molecule has 20 heavy (non-hydrogen) atoms. The maximum Gasteiger partial charge on any atom is 0.157 e. The van der Waals surface area contributed by atoms with E-state index in [-0.39, 0.29) is 6.04 Å². The van der Waals surface area contributed by atoms with Crippen molar-refractivity contribution in [1.82, 2.24) is 14.8 Å². The Morgan fingerprint density at radius 1 is 1.35 bits per heavy atom. The van der Waals surface area contributed by atoms with Crippen LogP contribution >= 0.6 is 11.6 Å². The van der Waals surface area contributed by atoms with Crippen LogP contribution in [0.3, 0.4) is 0 Å². The Bertz CT molecular complexity index is 748. The van der Waals surface area contributed by atoms with E-state index < -0.39 is 0 Å². The van der Waals surface area contributed by atoms with Gasteiger partial charge < -0.3 is 5.73 Å². The summed E-state index contributed by atoms with van der Waals surface area (Å²) in [5.41, 5.74) is 7.94. The van der Waals surface area contributed by atoms with Crippen LogP contribution in [0.2, 0.25) is 5.02 Å². The van der Waals surface area contributed by atoms with Crippen molar-refractivity contribution in [3.8, 4) is 5.82 Å². The molecule has 0 bridgehead atoms. The standard InChI is InChI=1S/C15H15ClN4/c1-10(17)6-12-7-11-4-2-3-5-14(11)19-15(12)20-9-13(16)8-18-20/h2-5,7-10H,6,17H2,1H3. The van der Waals surface area contributed by atoms with E-state index in [1.807, 2.05) is 31.2 Å². The van der Waals surface area contributed by atoms with Gasteiger partial charge in [-0.1, -0.05) is 29.8 Å². The monoisotopic (exact) mass is 286 g/mol. The van der Waals surface area contributed by atoms with Crippen LogP contribution in [0.1, 0.15) is 12.5 Å². The van der Waals surface area contributed by atoms with E-state index in [1.165, 1.54) is 0 Å². The predicted molar refractivity (Wildman–Crippen MR) is 81.2 cm³/mol. The largest absolute Gasteiger partial charge is 0.328 e. The van der Waals surface area contributed by atoms with E-state index in [9.17, 15) is 0 Å². The topological polar surface area (TPSA) is 56.7 Å². The molecular formula is C15H15ClN4. The summed E-state index contributed by atoms with van der Waals surface area (Å²) >= 11 is 5.95. The van der Waals surface area contributed by atoms with Crippen LogP contribution < -0.4 is 5.73 Å². The lowest BCUT2D eigenvalue weighted by atomic mass is 10.1. The zero-order chi connectivity index (χ0) is 14.1. The minimum atomic E-state index is 0.0581. The number of rotatable bonds is 3. The van der Waals surface area contributed by atoms with Gasteiger partial charge in [0.2, 0.25) is 0 Å². The maximum absolute atomic E-state index is 5.95. The molecule has 0 saturated carbocycles. The van der Waals surface area contributed by atoms with E-state index >= 15 is 0 Å². The molecule has 1 aromatic carbocycles. The summed E-state index contributed by atoms with van der Waals surface area (Å²) in [4.78, 5) is 4.70. The smallest absolute Gasteiger partial charge is 0.157 e. The molecule has 0 saturated heterocycles. The quantitative estimate of drug-likeness (QED) is 0.805. The highest BCUT2D eigenvalue weighted by molar-refractivity contribution is 6.30. The molecule has 1 atom stereocenters. The van der Waals surface area contributed by atoms with Crippen LogP contribution in [0.4, 0.5) is 0 Å². The lowest BCUT2D eigenvalue weighted by Crippen LogP contribution is -2.19. The van der Waals surface area contributed by atoms with Crippen molar-refractivity contribution < 1.29 is 0 Å². The van der Waals surface area contributed by atoms with E-state index in [0.717, 1.165) is 28.7 Å². The second-order valence-electron chi connectivity index (χ2n) is 4.95. The molecule has 102 valence electrons. The number of fused-ring (bicyclic) bond motifs is 1. The van der Waals surface area contributed by atoms with Crippen LogP contribution in [-0.4, -0.2) is 20.8 Å². The molecule has 0 radical (unpaired) electrons. The van der Waals surface area contributed by atoms with E-state index in [4.69, 9.17) is 22.3 Å². The number of benzene rings is 1. The first-order valence-electron chi connectivity index (χ1n) is 6.48. The Hall–Kier alpha value is -1.91. The van der Waals surface area contributed by atoms with Crippen LogP contribution in [0.5, 0.6) is 0 Å². The van der Waals surface area contributed by atoms with Crippen molar-refractivity contribution in [2.24, 2.45) is 5.73 Å². The highest BCUT2D eigenvalue weighted by atomic mass is 35.5. The van der Waals surface area contributed by atoms with Gasteiger partial charge >= 0.3 is 0 Å². The number of para-hydroxylation sites is 1. The Morgan fingerprint density at radius 3 is 2.85 bits per heavy atom. The number of nitrogens with two attached hydrogens (primary N) is 1. The number of hydrogen-bond donors (Lipinski definition) is 1.